The molecule has 0 aliphatic rings. The summed E-state index contributed by atoms with van der Waals surface area (Å²) in [5.74, 6) is 0.694. The Kier molecular flexibility index (Phi) is 4.41. The minimum atomic E-state index is 0.694. The van der Waals surface area contributed by atoms with Gasteiger partial charge in [0.05, 0.1) is 0 Å². The normalized spacial score (nSPS) is 11.3. The van der Waals surface area contributed by atoms with E-state index in [-0.39, 0.29) is 0 Å². The molecule has 0 amide bonds. The van der Waals surface area contributed by atoms with Crippen LogP contribution in [0.2, 0.25) is 0 Å². The fourth-order valence-corrected chi connectivity index (χ4v) is 1.89. The summed E-state index contributed by atoms with van der Waals surface area (Å²) in [4.78, 5) is 0. The van der Waals surface area contributed by atoms with Gasteiger partial charge in [-0.1, -0.05) is 18.2 Å². The summed E-state index contributed by atoms with van der Waals surface area (Å²) >= 11 is 5.66. The number of halogens is 1. The number of aryl methyl sites for hydroxylation is 2. The predicted molar refractivity (Wildman–Crippen MR) is 69.8 cm³/mol. The Morgan fingerprint density at radius 2 is 1.60 bits per heavy atom. The lowest BCUT2D eigenvalue weighted by Gasteiger charge is -2.12. The third-order valence-corrected chi connectivity index (χ3v) is 3.20. The molecule has 0 spiro atoms. The first kappa shape index (κ1) is 12.3. The average molecular weight is 223 g/mol. The number of benzene rings is 1. The van der Waals surface area contributed by atoms with Crippen molar-refractivity contribution in [3.05, 3.63) is 40.0 Å². The van der Waals surface area contributed by atoms with Gasteiger partial charge in [0.1, 0.15) is 0 Å². The van der Waals surface area contributed by atoms with Crippen LogP contribution in [-0.4, -0.2) is 5.88 Å². The Labute approximate surface area is 98.0 Å². The SMILES string of the molecule is Cc1cc(C)c(C)c(/C=C/CCCl)c1C. The molecule has 0 nitrogen and oxygen atoms in total. The molecule has 0 aliphatic heterocycles. The van der Waals surface area contributed by atoms with Crippen molar-refractivity contribution in [2.75, 3.05) is 5.88 Å². The molecular weight excluding hydrogens is 204 g/mol. The number of allylic oxidation sites excluding steroid dienone is 1. The van der Waals surface area contributed by atoms with Crippen molar-refractivity contribution < 1.29 is 0 Å². The second kappa shape index (κ2) is 5.37. The Morgan fingerprint density at radius 1 is 1.07 bits per heavy atom. The van der Waals surface area contributed by atoms with E-state index in [4.69, 9.17) is 11.6 Å². The molecule has 0 saturated carbocycles. The fourth-order valence-electron chi connectivity index (χ4n) is 1.76. The van der Waals surface area contributed by atoms with E-state index in [1.165, 1.54) is 27.8 Å². The molecule has 0 bridgehead atoms. The van der Waals surface area contributed by atoms with Crippen LogP contribution in [0.25, 0.3) is 6.08 Å². The lowest BCUT2D eigenvalue weighted by atomic mass is 9.94. The maximum Gasteiger partial charge on any atom is 0.0258 e. The summed E-state index contributed by atoms with van der Waals surface area (Å²) in [5.41, 5.74) is 6.85. The molecule has 15 heavy (non-hydrogen) atoms. The third-order valence-electron chi connectivity index (χ3n) is 2.98. The predicted octanol–water partition coefficient (Wildman–Crippen LogP) is 4.56. The zero-order valence-corrected chi connectivity index (χ0v) is 10.8. The van der Waals surface area contributed by atoms with Crippen molar-refractivity contribution >= 4 is 17.7 Å². The number of alkyl halides is 1. The van der Waals surface area contributed by atoms with Gasteiger partial charge in [-0.15, -0.1) is 11.6 Å². The molecule has 1 aromatic rings. The van der Waals surface area contributed by atoms with Gasteiger partial charge in [0.25, 0.3) is 0 Å². The smallest absolute Gasteiger partial charge is 0.0258 e. The highest BCUT2D eigenvalue weighted by atomic mass is 35.5. The zero-order valence-electron chi connectivity index (χ0n) is 10.0. The third kappa shape index (κ3) is 2.85. The molecule has 1 heteroatoms. The van der Waals surface area contributed by atoms with Gasteiger partial charge >= 0.3 is 0 Å². The summed E-state index contributed by atoms with van der Waals surface area (Å²) in [6, 6.07) is 2.25. The summed E-state index contributed by atoms with van der Waals surface area (Å²) in [5, 5.41) is 0. The maximum absolute atomic E-state index is 5.66. The minimum Gasteiger partial charge on any atom is -0.126 e. The van der Waals surface area contributed by atoms with E-state index >= 15 is 0 Å². The van der Waals surface area contributed by atoms with E-state index in [9.17, 15) is 0 Å². The summed E-state index contributed by atoms with van der Waals surface area (Å²) < 4.78 is 0. The topological polar surface area (TPSA) is 0 Å². The van der Waals surface area contributed by atoms with Gasteiger partial charge in [-0.05, 0) is 61.9 Å². The van der Waals surface area contributed by atoms with Gasteiger partial charge in [0.15, 0.2) is 0 Å². The first-order chi connectivity index (χ1) is 7.07. The molecule has 0 N–H and O–H groups in total. The van der Waals surface area contributed by atoms with Crippen LogP contribution in [0.4, 0.5) is 0 Å². The Bertz CT molecular complexity index is 349. The average Bonchev–Trinajstić information content (AvgIpc) is 2.20. The monoisotopic (exact) mass is 222 g/mol. The van der Waals surface area contributed by atoms with E-state index in [0.29, 0.717) is 5.88 Å². The van der Waals surface area contributed by atoms with Crippen molar-refractivity contribution in [1.29, 1.82) is 0 Å². The molecule has 0 aromatic heterocycles. The van der Waals surface area contributed by atoms with Crippen LogP contribution in [0.3, 0.4) is 0 Å². The van der Waals surface area contributed by atoms with Gasteiger partial charge < -0.3 is 0 Å². The number of rotatable bonds is 3. The minimum absolute atomic E-state index is 0.694. The molecule has 82 valence electrons. The Balaban J connectivity index is 3.15. The second-order valence-electron chi connectivity index (χ2n) is 4.05. The molecule has 0 saturated heterocycles. The Morgan fingerprint density at radius 3 is 2.07 bits per heavy atom. The fraction of sp³-hybridized carbons (Fsp3) is 0.429. The Hall–Kier alpha value is -0.750. The van der Waals surface area contributed by atoms with E-state index in [0.717, 1.165) is 6.42 Å². The van der Waals surface area contributed by atoms with E-state index in [2.05, 4.69) is 45.9 Å². The van der Waals surface area contributed by atoms with Crippen LogP contribution in [0.15, 0.2) is 12.1 Å². The molecule has 0 fully saturated rings. The maximum atomic E-state index is 5.66. The van der Waals surface area contributed by atoms with Crippen LogP contribution in [-0.2, 0) is 0 Å². The van der Waals surface area contributed by atoms with Crippen LogP contribution < -0.4 is 0 Å². The molecule has 0 unspecified atom stereocenters. The second-order valence-corrected chi connectivity index (χ2v) is 4.43. The first-order valence-electron chi connectivity index (χ1n) is 5.37. The first-order valence-corrected chi connectivity index (χ1v) is 5.91. The van der Waals surface area contributed by atoms with Crippen molar-refractivity contribution in [3.63, 3.8) is 0 Å². The molecule has 1 aromatic carbocycles. The van der Waals surface area contributed by atoms with Gasteiger partial charge in [-0.2, -0.15) is 0 Å². The van der Waals surface area contributed by atoms with Gasteiger partial charge in [0, 0.05) is 5.88 Å². The molecule has 0 heterocycles. The highest BCUT2D eigenvalue weighted by Gasteiger charge is 2.04. The van der Waals surface area contributed by atoms with Crippen LogP contribution >= 0.6 is 11.6 Å². The molecule has 0 radical (unpaired) electrons. The zero-order chi connectivity index (χ0) is 11.4. The summed E-state index contributed by atoms with van der Waals surface area (Å²) in [6.45, 7) is 8.70. The number of hydrogen-bond donors (Lipinski definition) is 0. The molecule has 1 rings (SSSR count). The molecular formula is C14H19Cl. The lowest BCUT2D eigenvalue weighted by Crippen LogP contribution is -1.94. The standard InChI is InChI=1S/C14H19Cl/c1-10-9-11(2)13(4)14(12(10)3)7-5-6-8-15/h5,7,9H,6,8H2,1-4H3/b7-5+. The van der Waals surface area contributed by atoms with Gasteiger partial charge in [0.2, 0.25) is 0 Å². The lowest BCUT2D eigenvalue weighted by molar-refractivity contribution is 1.21. The van der Waals surface area contributed by atoms with E-state index in [1.807, 2.05) is 0 Å². The summed E-state index contributed by atoms with van der Waals surface area (Å²) in [7, 11) is 0. The largest absolute Gasteiger partial charge is 0.126 e. The van der Waals surface area contributed by atoms with Crippen LogP contribution in [0.5, 0.6) is 0 Å². The van der Waals surface area contributed by atoms with Crippen LogP contribution in [0, 0.1) is 27.7 Å². The quantitative estimate of drug-likeness (QED) is 0.658. The van der Waals surface area contributed by atoms with Gasteiger partial charge in [-0.3, -0.25) is 0 Å². The van der Waals surface area contributed by atoms with E-state index in [1.54, 1.807) is 0 Å². The van der Waals surface area contributed by atoms with E-state index < -0.39 is 0 Å². The van der Waals surface area contributed by atoms with Gasteiger partial charge in [-0.25, -0.2) is 0 Å². The highest BCUT2D eigenvalue weighted by Crippen LogP contribution is 2.22. The molecule has 0 aliphatic carbocycles. The summed E-state index contributed by atoms with van der Waals surface area (Å²) in [6.07, 6.45) is 5.29. The highest BCUT2D eigenvalue weighted by molar-refractivity contribution is 6.17. The van der Waals surface area contributed by atoms with Crippen molar-refractivity contribution in [3.8, 4) is 0 Å². The van der Waals surface area contributed by atoms with Crippen molar-refractivity contribution in [2.24, 2.45) is 0 Å². The van der Waals surface area contributed by atoms with Crippen molar-refractivity contribution in [1.82, 2.24) is 0 Å². The number of hydrogen-bond acceptors (Lipinski definition) is 0. The van der Waals surface area contributed by atoms with Crippen molar-refractivity contribution in [2.45, 2.75) is 34.1 Å². The molecule has 0 atom stereocenters. The van der Waals surface area contributed by atoms with Crippen LogP contribution in [0.1, 0.15) is 34.2 Å².